The molecule has 2 aromatic rings. The van der Waals surface area contributed by atoms with Gasteiger partial charge < -0.3 is 10.0 Å². The molecule has 0 aliphatic carbocycles. The first-order chi connectivity index (χ1) is 13.2. The molecule has 3 atom stereocenters. The lowest BCUT2D eigenvalue weighted by Gasteiger charge is -2.24. The zero-order chi connectivity index (χ0) is 19.1. The zero-order valence-corrected chi connectivity index (χ0v) is 16.1. The maximum Gasteiger partial charge on any atom is 0.244 e. The Morgan fingerprint density at radius 2 is 1.67 bits per heavy atom. The summed E-state index contributed by atoms with van der Waals surface area (Å²) in [6, 6.07) is 19.7. The van der Waals surface area contributed by atoms with E-state index in [2.05, 4.69) is 24.4 Å². The molecule has 0 bridgehead atoms. The largest absolute Gasteiger partial charge is 0.391 e. The van der Waals surface area contributed by atoms with Crippen LogP contribution in [0, 0.1) is 0 Å². The molecule has 1 amide bonds. The Labute approximate surface area is 162 Å². The number of nitrogens with zero attached hydrogens (tertiary/aromatic N) is 1. The predicted octanol–water partition coefficient (Wildman–Crippen LogP) is 3.50. The maximum absolute atomic E-state index is 13.0. The molecule has 1 heterocycles. The Morgan fingerprint density at radius 3 is 2.30 bits per heavy atom. The lowest BCUT2D eigenvalue weighted by Crippen LogP contribution is -2.41. The standard InChI is InChI=1S/C23H30N2O2/c1-2-3-14-21-24-22(20(26)16-15-18-10-6-4-7-11-18)23(27)25(21)17-19-12-8-5-9-13-19/h4-13,20-22,24,26H,2-3,14-17H2,1H3/t20-,21+,22+/m1/s1. The molecule has 0 saturated carbocycles. The summed E-state index contributed by atoms with van der Waals surface area (Å²) in [5, 5.41) is 14.1. The maximum atomic E-state index is 13.0. The van der Waals surface area contributed by atoms with Crippen molar-refractivity contribution in [3.8, 4) is 0 Å². The molecule has 27 heavy (non-hydrogen) atoms. The minimum atomic E-state index is -0.678. The van der Waals surface area contributed by atoms with Crippen LogP contribution in [0.5, 0.6) is 0 Å². The van der Waals surface area contributed by atoms with Gasteiger partial charge in [0.2, 0.25) is 5.91 Å². The van der Waals surface area contributed by atoms with Gasteiger partial charge in [0.25, 0.3) is 0 Å². The van der Waals surface area contributed by atoms with Crippen LogP contribution < -0.4 is 5.32 Å². The van der Waals surface area contributed by atoms with Crippen molar-refractivity contribution >= 4 is 5.91 Å². The van der Waals surface area contributed by atoms with Crippen molar-refractivity contribution in [2.45, 2.75) is 63.9 Å². The fraction of sp³-hybridized carbons (Fsp3) is 0.435. The van der Waals surface area contributed by atoms with Crippen LogP contribution in [0.15, 0.2) is 60.7 Å². The first kappa shape index (κ1) is 19.6. The molecule has 0 unspecified atom stereocenters. The van der Waals surface area contributed by atoms with Gasteiger partial charge in [-0.05, 0) is 30.4 Å². The van der Waals surface area contributed by atoms with Crippen LogP contribution in [0.3, 0.4) is 0 Å². The summed E-state index contributed by atoms with van der Waals surface area (Å²) in [5.74, 6) is 0.0144. The highest BCUT2D eigenvalue weighted by molar-refractivity contribution is 5.85. The second-order valence-corrected chi connectivity index (χ2v) is 7.35. The predicted molar refractivity (Wildman–Crippen MR) is 108 cm³/mol. The Balaban J connectivity index is 1.65. The van der Waals surface area contributed by atoms with Crippen molar-refractivity contribution in [2.75, 3.05) is 0 Å². The lowest BCUT2D eigenvalue weighted by atomic mass is 10.0. The SMILES string of the molecule is CCCC[C@H]1N[C@@H]([C@H](O)CCc2ccccc2)C(=O)N1Cc1ccccc1. The second-order valence-electron chi connectivity index (χ2n) is 7.35. The zero-order valence-electron chi connectivity index (χ0n) is 16.1. The van der Waals surface area contributed by atoms with Crippen LogP contribution in [0.4, 0.5) is 0 Å². The third kappa shape index (κ3) is 5.18. The fourth-order valence-electron chi connectivity index (χ4n) is 3.71. The van der Waals surface area contributed by atoms with E-state index < -0.39 is 12.1 Å². The van der Waals surface area contributed by atoms with Gasteiger partial charge >= 0.3 is 0 Å². The van der Waals surface area contributed by atoms with Crippen LogP contribution in [0.2, 0.25) is 0 Å². The van der Waals surface area contributed by atoms with Gasteiger partial charge in [0.1, 0.15) is 6.04 Å². The van der Waals surface area contributed by atoms with Gasteiger partial charge in [0.15, 0.2) is 0 Å². The molecule has 1 fully saturated rings. The van der Waals surface area contributed by atoms with E-state index in [1.807, 2.05) is 53.4 Å². The first-order valence-electron chi connectivity index (χ1n) is 10.0. The molecular formula is C23H30N2O2. The van der Waals surface area contributed by atoms with Gasteiger partial charge in [-0.1, -0.05) is 80.4 Å². The molecule has 4 nitrogen and oxygen atoms in total. The van der Waals surface area contributed by atoms with E-state index in [-0.39, 0.29) is 12.1 Å². The van der Waals surface area contributed by atoms with E-state index in [1.165, 1.54) is 5.56 Å². The Kier molecular flexibility index (Phi) is 7.02. The minimum absolute atomic E-state index is 0.00553. The van der Waals surface area contributed by atoms with Crippen LogP contribution in [0.1, 0.15) is 43.7 Å². The Hall–Kier alpha value is -2.17. The number of rotatable bonds is 9. The van der Waals surface area contributed by atoms with Crippen molar-refractivity contribution in [3.05, 3.63) is 71.8 Å². The highest BCUT2D eigenvalue weighted by atomic mass is 16.3. The third-order valence-corrected chi connectivity index (χ3v) is 5.28. The van der Waals surface area contributed by atoms with E-state index in [4.69, 9.17) is 0 Å². The Bertz CT molecular complexity index is 705. The van der Waals surface area contributed by atoms with E-state index in [0.29, 0.717) is 13.0 Å². The van der Waals surface area contributed by atoms with Crippen molar-refractivity contribution in [2.24, 2.45) is 0 Å². The number of hydrogen-bond acceptors (Lipinski definition) is 3. The van der Waals surface area contributed by atoms with Crippen LogP contribution in [-0.4, -0.2) is 34.2 Å². The normalized spacial score (nSPS) is 20.8. The average Bonchev–Trinajstić information content (AvgIpc) is 3.02. The van der Waals surface area contributed by atoms with Crippen LogP contribution >= 0.6 is 0 Å². The quantitative estimate of drug-likeness (QED) is 0.714. The molecule has 3 rings (SSSR count). The summed E-state index contributed by atoms with van der Waals surface area (Å²) in [4.78, 5) is 14.9. The molecular weight excluding hydrogens is 336 g/mol. The first-order valence-corrected chi connectivity index (χ1v) is 10.0. The summed E-state index contributed by atoms with van der Waals surface area (Å²) in [6.45, 7) is 2.74. The van der Waals surface area contributed by atoms with Crippen molar-refractivity contribution in [3.63, 3.8) is 0 Å². The van der Waals surface area contributed by atoms with Crippen LogP contribution in [-0.2, 0) is 17.8 Å². The monoisotopic (exact) mass is 366 g/mol. The van der Waals surface area contributed by atoms with E-state index in [0.717, 1.165) is 31.2 Å². The number of amides is 1. The molecule has 4 heteroatoms. The molecule has 1 aliphatic rings. The number of aryl methyl sites for hydroxylation is 1. The summed E-state index contributed by atoms with van der Waals surface area (Å²) < 4.78 is 0. The molecule has 1 aliphatic heterocycles. The summed E-state index contributed by atoms with van der Waals surface area (Å²) in [6.07, 6.45) is 3.72. The van der Waals surface area contributed by atoms with Gasteiger partial charge in [-0.2, -0.15) is 0 Å². The molecule has 1 saturated heterocycles. The number of carbonyl (C=O) groups excluding carboxylic acids is 1. The summed E-state index contributed by atoms with van der Waals surface area (Å²) >= 11 is 0. The summed E-state index contributed by atoms with van der Waals surface area (Å²) in [7, 11) is 0. The number of nitrogens with one attached hydrogen (secondary N) is 1. The van der Waals surface area contributed by atoms with Gasteiger partial charge in [-0.3, -0.25) is 10.1 Å². The van der Waals surface area contributed by atoms with Crippen LogP contribution in [0.25, 0.3) is 0 Å². The van der Waals surface area contributed by atoms with E-state index in [1.54, 1.807) is 0 Å². The minimum Gasteiger partial charge on any atom is -0.391 e. The van der Waals surface area contributed by atoms with Gasteiger partial charge in [-0.25, -0.2) is 0 Å². The van der Waals surface area contributed by atoms with E-state index >= 15 is 0 Å². The number of unbranched alkanes of at least 4 members (excludes halogenated alkanes) is 1. The molecule has 0 spiro atoms. The van der Waals surface area contributed by atoms with Crippen molar-refractivity contribution < 1.29 is 9.90 Å². The number of aliphatic hydroxyl groups is 1. The topological polar surface area (TPSA) is 52.6 Å². The molecule has 0 radical (unpaired) electrons. The smallest absolute Gasteiger partial charge is 0.244 e. The highest BCUT2D eigenvalue weighted by Crippen LogP contribution is 2.22. The number of aliphatic hydroxyl groups excluding tert-OH is 1. The second kappa shape index (κ2) is 9.67. The number of carbonyl (C=O) groups is 1. The van der Waals surface area contributed by atoms with Crippen molar-refractivity contribution in [1.82, 2.24) is 10.2 Å². The van der Waals surface area contributed by atoms with Gasteiger partial charge in [-0.15, -0.1) is 0 Å². The molecule has 2 N–H and O–H groups in total. The number of benzene rings is 2. The summed E-state index contributed by atoms with van der Waals surface area (Å²) in [5.41, 5.74) is 2.30. The molecule has 2 aromatic carbocycles. The number of hydrogen-bond donors (Lipinski definition) is 2. The Morgan fingerprint density at radius 1 is 1.04 bits per heavy atom. The molecule has 0 aromatic heterocycles. The average molecular weight is 367 g/mol. The highest BCUT2D eigenvalue weighted by Gasteiger charge is 2.41. The van der Waals surface area contributed by atoms with Crippen molar-refractivity contribution in [1.29, 1.82) is 0 Å². The lowest BCUT2D eigenvalue weighted by molar-refractivity contribution is -0.132. The van der Waals surface area contributed by atoms with Gasteiger partial charge in [0.05, 0.1) is 12.3 Å². The van der Waals surface area contributed by atoms with E-state index in [9.17, 15) is 9.90 Å². The fourth-order valence-corrected chi connectivity index (χ4v) is 3.71. The third-order valence-electron chi connectivity index (χ3n) is 5.28. The van der Waals surface area contributed by atoms with Gasteiger partial charge in [0, 0.05) is 6.54 Å². The molecule has 144 valence electrons.